The summed E-state index contributed by atoms with van der Waals surface area (Å²) in [5, 5.41) is 0. The highest BCUT2D eigenvalue weighted by molar-refractivity contribution is 5.73. The molecular weight excluding hydrogens is 192 g/mol. The highest BCUT2D eigenvalue weighted by Gasteiger charge is 2.47. The smallest absolute Gasteiger partial charge is 0.329 e. The van der Waals surface area contributed by atoms with Gasteiger partial charge in [0.25, 0.3) is 0 Å². The van der Waals surface area contributed by atoms with E-state index in [1.165, 1.54) is 25.7 Å². The van der Waals surface area contributed by atoms with Gasteiger partial charge >= 0.3 is 5.97 Å². The molecule has 0 aliphatic heterocycles. The molecule has 4 heteroatoms. The Balaban J connectivity index is 2.03. The quantitative estimate of drug-likeness (QED) is 0.672. The van der Waals surface area contributed by atoms with Gasteiger partial charge in [0.1, 0.15) is 0 Å². The maximum atomic E-state index is 11.7. The zero-order chi connectivity index (χ0) is 10.8. The number of nitrogens with one attached hydrogen (secondary N) is 1. The summed E-state index contributed by atoms with van der Waals surface area (Å²) < 4.78 is 0. The fourth-order valence-corrected chi connectivity index (χ4v) is 3.54. The molecule has 3 N–H and O–H groups in total. The molecule has 0 saturated heterocycles. The molecular formula is C11H20N2O2. The lowest BCUT2D eigenvalue weighted by atomic mass is 9.84. The molecule has 0 aromatic rings. The Morgan fingerprint density at radius 3 is 2.33 bits per heavy atom. The third-order valence-electron chi connectivity index (χ3n) is 4.13. The van der Waals surface area contributed by atoms with Gasteiger partial charge in [-0.05, 0) is 43.4 Å². The maximum Gasteiger partial charge on any atom is 0.329 e. The Kier molecular flexibility index (Phi) is 3.26. The van der Waals surface area contributed by atoms with Crippen LogP contribution in [0.3, 0.4) is 0 Å². The monoisotopic (exact) mass is 212 g/mol. The van der Waals surface area contributed by atoms with Crippen molar-refractivity contribution in [3.05, 3.63) is 0 Å². The van der Waals surface area contributed by atoms with Gasteiger partial charge < -0.3 is 10.6 Å². The standard InChI is InChI=1S/C11H20N2O2/c1-13-15-11(14)9(6-12)10-7-2-3-8(10)5-4-7/h7-10,13H,2-6,12H2,1H3. The molecule has 0 heterocycles. The maximum absolute atomic E-state index is 11.7. The van der Waals surface area contributed by atoms with Crippen molar-refractivity contribution in [3.63, 3.8) is 0 Å². The van der Waals surface area contributed by atoms with E-state index in [1.807, 2.05) is 0 Å². The van der Waals surface area contributed by atoms with Crippen LogP contribution in [0, 0.1) is 23.7 Å². The molecule has 0 aromatic carbocycles. The lowest BCUT2D eigenvalue weighted by molar-refractivity contribution is -0.157. The van der Waals surface area contributed by atoms with Crippen LogP contribution in [0.1, 0.15) is 25.7 Å². The van der Waals surface area contributed by atoms with Gasteiger partial charge in [-0.15, -0.1) is 0 Å². The first kappa shape index (κ1) is 10.9. The van der Waals surface area contributed by atoms with Crippen molar-refractivity contribution in [3.8, 4) is 0 Å². The van der Waals surface area contributed by atoms with Crippen LogP contribution in [0.4, 0.5) is 0 Å². The first-order chi connectivity index (χ1) is 7.27. The predicted molar refractivity (Wildman–Crippen MR) is 56.6 cm³/mol. The number of rotatable bonds is 4. The summed E-state index contributed by atoms with van der Waals surface area (Å²) in [6.07, 6.45) is 5.11. The number of hydrogen-bond acceptors (Lipinski definition) is 4. The summed E-state index contributed by atoms with van der Waals surface area (Å²) in [7, 11) is 1.61. The Labute approximate surface area is 90.5 Å². The topological polar surface area (TPSA) is 64.3 Å². The Morgan fingerprint density at radius 2 is 1.93 bits per heavy atom. The molecule has 2 rings (SSSR count). The van der Waals surface area contributed by atoms with Crippen LogP contribution >= 0.6 is 0 Å². The van der Waals surface area contributed by atoms with E-state index in [0.29, 0.717) is 24.3 Å². The second kappa shape index (κ2) is 4.49. The fraction of sp³-hybridized carbons (Fsp3) is 0.909. The number of hydrogen-bond donors (Lipinski definition) is 2. The van der Waals surface area contributed by atoms with E-state index in [4.69, 9.17) is 10.6 Å². The minimum atomic E-state index is -0.177. The van der Waals surface area contributed by atoms with E-state index in [1.54, 1.807) is 7.05 Å². The zero-order valence-corrected chi connectivity index (χ0v) is 9.24. The van der Waals surface area contributed by atoms with Crippen LogP contribution in [0.5, 0.6) is 0 Å². The second-order valence-corrected chi connectivity index (χ2v) is 4.72. The molecule has 0 aromatic heterocycles. The van der Waals surface area contributed by atoms with Crippen molar-refractivity contribution in [2.45, 2.75) is 25.7 Å². The third-order valence-corrected chi connectivity index (χ3v) is 4.13. The molecule has 15 heavy (non-hydrogen) atoms. The normalized spacial score (nSPS) is 35.5. The van der Waals surface area contributed by atoms with Crippen molar-refractivity contribution in [2.75, 3.05) is 13.6 Å². The first-order valence-corrected chi connectivity index (χ1v) is 5.85. The molecule has 2 saturated carbocycles. The van der Waals surface area contributed by atoms with Crippen LogP contribution in [0.2, 0.25) is 0 Å². The lowest BCUT2D eigenvalue weighted by Crippen LogP contribution is -2.36. The summed E-state index contributed by atoms with van der Waals surface area (Å²) in [6.45, 7) is 0.415. The average Bonchev–Trinajstić information content (AvgIpc) is 2.80. The van der Waals surface area contributed by atoms with Gasteiger partial charge in [0.2, 0.25) is 0 Å². The third kappa shape index (κ3) is 1.88. The van der Waals surface area contributed by atoms with E-state index < -0.39 is 0 Å². The molecule has 2 aliphatic carbocycles. The van der Waals surface area contributed by atoms with Gasteiger partial charge in [-0.2, -0.15) is 5.48 Å². The van der Waals surface area contributed by atoms with E-state index in [-0.39, 0.29) is 11.9 Å². The summed E-state index contributed by atoms with van der Waals surface area (Å²) in [5.74, 6) is 1.64. The molecule has 2 fully saturated rings. The van der Waals surface area contributed by atoms with Crippen LogP contribution in [0.25, 0.3) is 0 Å². The van der Waals surface area contributed by atoms with Gasteiger partial charge in [0, 0.05) is 13.6 Å². The molecule has 1 unspecified atom stereocenters. The molecule has 1 atom stereocenters. The highest BCUT2D eigenvalue weighted by atomic mass is 16.7. The largest absolute Gasteiger partial charge is 0.371 e. The van der Waals surface area contributed by atoms with Gasteiger partial charge in [0.05, 0.1) is 5.92 Å². The van der Waals surface area contributed by atoms with Crippen LogP contribution < -0.4 is 11.2 Å². The molecule has 0 amide bonds. The zero-order valence-electron chi connectivity index (χ0n) is 9.24. The van der Waals surface area contributed by atoms with Gasteiger partial charge in [-0.3, -0.25) is 4.79 Å². The Morgan fingerprint density at radius 1 is 1.40 bits per heavy atom. The van der Waals surface area contributed by atoms with E-state index >= 15 is 0 Å². The number of hydroxylamine groups is 1. The molecule has 0 spiro atoms. The summed E-state index contributed by atoms with van der Waals surface area (Å²) >= 11 is 0. The van der Waals surface area contributed by atoms with Crippen molar-refractivity contribution in [1.82, 2.24) is 5.48 Å². The van der Waals surface area contributed by atoms with Crippen LogP contribution in [-0.4, -0.2) is 19.6 Å². The van der Waals surface area contributed by atoms with E-state index in [0.717, 1.165) is 0 Å². The van der Waals surface area contributed by atoms with Crippen LogP contribution in [0.15, 0.2) is 0 Å². The summed E-state index contributed by atoms with van der Waals surface area (Å²) in [4.78, 5) is 16.6. The van der Waals surface area contributed by atoms with Crippen molar-refractivity contribution in [1.29, 1.82) is 0 Å². The average molecular weight is 212 g/mol. The van der Waals surface area contributed by atoms with E-state index in [9.17, 15) is 4.79 Å². The second-order valence-electron chi connectivity index (χ2n) is 4.72. The Bertz CT molecular complexity index is 225. The molecule has 86 valence electrons. The van der Waals surface area contributed by atoms with Crippen LogP contribution in [-0.2, 0) is 9.63 Å². The molecule has 4 nitrogen and oxygen atoms in total. The minimum absolute atomic E-state index is 0.0996. The van der Waals surface area contributed by atoms with Gasteiger partial charge in [0.15, 0.2) is 0 Å². The SMILES string of the molecule is CNOC(=O)C(CN)C1C2CCC1CC2. The first-order valence-electron chi connectivity index (χ1n) is 5.85. The Hall–Kier alpha value is -0.610. The van der Waals surface area contributed by atoms with Crippen molar-refractivity contribution in [2.24, 2.45) is 29.4 Å². The van der Waals surface area contributed by atoms with Gasteiger partial charge in [-0.25, -0.2) is 0 Å². The number of carbonyl (C=O) groups excluding carboxylic acids is 1. The molecule has 0 radical (unpaired) electrons. The summed E-state index contributed by atoms with van der Waals surface area (Å²) in [5.41, 5.74) is 8.16. The lowest BCUT2D eigenvalue weighted by Gasteiger charge is -2.23. The fourth-order valence-electron chi connectivity index (χ4n) is 3.54. The number of fused-ring (bicyclic) bond motifs is 2. The summed E-state index contributed by atoms with van der Waals surface area (Å²) in [6, 6.07) is 0. The van der Waals surface area contributed by atoms with Crippen molar-refractivity contribution >= 4 is 5.97 Å². The number of nitrogens with two attached hydrogens (primary N) is 1. The van der Waals surface area contributed by atoms with Crippen molar-refractivity contribution < 1.29 is 9.63 Å². The van der Waals surface area contributed by atoms with Gasteiger partial charge in [-0.1, -0.05) is 0 Å². The highest BCUT2D eigenvalue weighted by Crippen LogP contribution is 2.52. The predicted octanol–water partition coefficient (Wildman–Crippen LogP) is 0.675. The van der Waals surface area contributed by atoms with E-state index in [2.05, 4.69) is 5.48 Å². The minimum Gasteiger partial charge on any atom is -0.371 e. The molecule has 2 aliphatic rings. The number of carbonyl (C=O) groups is 1. The molecule has 2 bridgehead atoms.